The molecule has 0 saturated carbocycles. The van der Waals surface area contributed by atoms with Crippen LogP contribution in [0.25, 0.3) is 10.4 Å². The first-order chi connectivity index (χ1) is 4.56. The summed E-state index contributed by atoms with van der Waals surface area (Å²) >= 11 is 0. The molecule has 6 nitrogen and oxygen atoms in total. The predicted molar refractivity (Wildman–Crippen MR) is 42.3 cm³/mol. The minimum Gasteiger partial charge on any atom is -0.286 e. The van der Waals surface area contributed by atoms with Gasteiger partial charge in [-0.25, -0.2) is 0 Å². The molecule has 0 rings (SSSR count). The minimum atomic E-state index is -3.89. The second-order valence-electron chi connectivity index (χ2n) is 1.59. The van der Waals surface area contributed by atoms with Gasteiger partial charge in [-0.05, 0) is 12.0 Å². The number of hydrogen-bond acceptors (Lipinski definition) is 3. The third-order valence-electron chi connectivity index (χ3n) is 0.724. The van der Waals surface area contributed by atoms with Crippen LogP contribution in [0.3, 0.4) is 0 Å². The molecule has 0 aliphatic carbocycles. The van der Waals surface area contributed by atoms with Crippen molar-refractivity contribution >= 4 is 22.5 Å². The lowest BCUT2D eigenvalue weighted by molar-refractivity contribution is 0.481. The van der Waals surface area contributed by atoms with Crippen molar-refractivity contribution in [3.63, 3.8) is 0 Å². The van der Waals surface area contributed by atoms with Crippen molar-refractivity contribution in [1.82, 2.24) is 0 Å². The monoisotopic (exact) mass is 201 g/mol. The molecule has 0 aromatic rings. The van der Waals surface area contributed by atoms with Gasteiger partial charge >= 0.3 is 0 Å². The van der Waals surface area contributed by atoms with Gasteiger partial charge in [-0.2, -0.15) is 8.42 Å². The molecule has 0 fully saturated rings. The zero-order valence-corrected chi connectivity index (χ0v) is 7.18. The van der Waals surface area contributed by atoms with Gasteiger partial charge in [0.1, 0.15) is 0 Å². The Morgan fingerprint density at radius 1 is 1.55 bits per heavy atom. The van der Waals surface area contributed by atoms with E-state index in [1.54, 1.807) is 0 Å². The van der Waals surface area contributed by atoms with Crippen LogP contribution in [0.2, 0.25) is 0 Å². The van der Waals surface area contributed by atoms with E-state index in [9.17, 15) is 8.42 Å². The van der Waals surface area contributed by atoms with Gasteiger partial charge in [-0.15, -0.1) is 12.4 Å². The van der Waals surface area contributed by atoms with Crippen LogP contribution < -0.4 is 0 Å². The second kappa shape index (κ2) is 6.23. The summed E-state index contributed by atoms with van der Waals surface area (Å²) in [6, 6.07) is 0. The summed E-state index contributed by atoms with van der Waals surface area (Å²) in [6.07, 6.45) is 0.156. The van der Waals surface area contributed by atoms with Gasteiger partial charge in [0.05, 0.1) is 5.75 Å². The lowest BCUT2D eigenvalue weighted by Gasteiger charge is -1.90. The molecule has 0 atom stereocenters. The highest BCUT2D eigenvalue weighted by atomic mass is 35.5. The third-order valence-corrected chi connectivity index (χ3v) is 1.53. The molecule has 0 bridgehead atoms. The molecule has 0 unspecified atom stereocenters. The highest BCUT2D eigenvalue weighted by Crippen LogP contribution is 1.88. The van der Waals surface area contributed by atoms with Crippen LogP contribution >= 0.6 is 12.4 Å². The van der Waals surface area contributed by atoms with Crippen molar-refractivity contribution in [2.45, 2.75) is 6.42 Å². The van der Waals surface area contributed by atoms with Gasteiger partial charge in [0.2, 0.25) is 0 Å². The molecule has 0 aliphatic rings. The van der Waals surface area contributed by atoms with Crippen molar-refractivity contribution in [1.29, 1.82) is 0 Å². The summed E-state index contributed by atoms with van der Waals surface area (Å²) in [5, 5.41) is 3.08. The molecule has 0 radical (unpaired) electrons. The SMILES string of the molecule is Cl.[N-]=[N+]=NCCCS(=O)(=O)O. The summed E-state index contributed by atoms with van der Waals surface area (Å²) in [7, 11) is -3.89. The zero-order chi connectivity index (χ0) is 8.04. The third kappa shape index (κ3) is 12.7. The van der Waals surface area contributed by atoms with Gasteiger partial charge < -0.3 is 0 Å². The molecule has 0 saturated heterocycles. The molecule has 0 aromatic heterocycles. The molecule has 0 aromatic carbocycles. The summed E-state index contributed by atoms with van der Waals surface area (Å²) in [4.78, 5) is 2.40. The molecule has 0 amide bonds. The van der Waals surface area contributed by atoms with Gasteiger partial charge in [0, 0.05) is 11.5 Å². The van der Waals surface area contributed by atoms with E-state index in [2.05, 4.69) is 10.0 Å². The van der Waals surface area contributed by atoms with Crippen LogP contribution in [-0.2, 0) is 10.1 Å². The van der Waals surface area contributed by atoms with E-state index in [0.717, 1.165) is 0 Å². The standard InChI is InChI=1S/C3H7N3O3S.ClH/c4-6-5-2-1-3-10(7,8)9;/h1-3H2,(H,7,8,9);1H. The first-order valence-electron chi connectivity index (χ1n) is 2.52. The average Bonchev–Trinajstić information content (AvgIpc) is 1.78. The van der Waals surface area contributed by atoms with Crippen molar-refractivity contribution in [3.05, 3.63) is 10.4 Å². The Morgan fingerprint density at radius 3 is 2.45 bits per heavy atom. The fraction of sp³-hybridized carbons (Fsp3) is 1.00. The van der Waals surface area contributed by atoms with Gasteiger partial charge in [0.25, 0.3) is 10.1 Å². The van der Waals surface area contributed by atoms with Crippen LogP contribution in [0.15, 0.2) is 5.11 Å². The maximum Gasteiger partial charge on any atom is 0.264 e. The summed E-state index contributed by atoms with van der Waals surface area (Å²) < 4.78 is 28.2. The van der Waals surface area contributed by atoms with Gasteiger partial charge in [0.15, 0.2) is 0 Å². The van der Waals surface area contributed by atoms with Crippen LogP contribution in [0.5, 0.6) is 0 Å². The molecular weight excluding hydrogens is 194 g/mol. The highest BCUT2D eigenvalue weighted by molar-refractivity contribution is 7.85. The van der Waals surface area contributed by atoms with Crippen molar-refractivity contribution in [2.75, 3.05) is 12.3 Å². The Labute approximate surface area is 70.4 Å². The van der Waals surface area contributed by atoms with E-state index in [0.29, 0.717) is 0 Å². The lowest BCUT2D eigenvalue weighted by Crippen LogP contribution is -2.04. The number of azide groups is 1. The van der Waals surface area contributed by atoms with E-state index in [1.807, 2.05) is 0 Å². The Balaban J connectivity index is 0. The van der Waals surface area contributed by atoms with Crippen molar-refractivity contribution in [3.8, 4) is 0 Å². The Bertz CT molecular complexity index is 232. The average molecular weight is 202 g/mol. The van der Waals surface area contributed by atoms with Crippen LogP contribution in [0.4, 0.5) is 0 Å². The molecule has 0 aliphatic heterocycles. The maximum atomic E-state index is 10.0. The molecule has 11 heavy (non-hydrogen) atoms. The molecule has 0 spiro atoms. The normalized spacial score (nSPS) is 9.55. The molecular formula is C3H8ClN3O3S. The Hall–Kier alpha value is -0.490. The zero-order valence-electron chi connectivity index (χ0n) is 5.54. The first-order valence-corrected chi connectivity index (χ1v) is 4.13. The molecule has 1 N–H and O–H groups in total. The van der Waals surface area contributed by atoms with Crippen LogP contribution in [0, 0.1) is 0 Å². The van der Waals surface area contributed by atoms with E-state index in [4.69, 9.17) is 10.1 Å². The fourth-order valence-electron chi connectivity index (χ4n) is 0.362. The van der Waals surface area contributed by atoms with E-state index < -0.39 is 10.1 Å². The summed E-state index contributed by atoms with van der Waals surface area (Å²) in [5.41, 5.74) is 7.74. The second-order valence-corrected chi connectivity index (χ2v) is 3.17. The lowest BCUT2D eigenvalue weighted by atomic mass is 10.5. The van der Waals surface area contributed by atoms with Gasteiger partial charge in [-0.1, -0.05) is 5.11 Å². The number of halogens is 1. The molecule has 8 heteroatoms. The fourth-order valence-corrected chi connectivity index (χ4v) is 0.856. The predicted octanol–water partition coefficient (Wildman–Crippen LogP) is 0.996. The maximum absolute atomic E-state index is 10.0. The van der Waals surface area contributed by atoms with Crippen molar-refractivity contribution < 1.29 is 13.0 Å². The summed E-state index contributed by atoms with van der Waals surface area (Å²) in [6.45, 7) is 0.0935. The number of hydrogen-bond donors (Lipinski definition) is 1. The van der Waals surface area contributed by atoms with Crippen LogP contribution in [0.1, 0.15) is 6.42 Å². The smallest absolute Gasteiger partial charge is 0.264 e. The largest absolute Gasteiger partial charge is 0.286 e. The highest BCUT2D eigenvalue weighted by Gasteiger charge is 2.01. The van der Waals surface area contributed by atoms with Crippen molar-refractivity contribution in [2.24, 2.45) is 5.11 Å². The number of nitrogens with zero attached hydrogens (tertiary/aromatic N) is 3. The summed E-state index contributed by atoms with van der Waals surface area (Å²) in [5.74, 6) is -0.355. The van der Waals surface area contributed by atoms with Gasteiger partial charge in [-0.3, -0.25) is 4.55 Å². The van der Waals surface area contributed by atoms with E-state index in [-0.39, 0.29) is 31.1 Å². The Kier molecular flexibility index (Phi) is 7.44. The van der Waals surface area contributed by atoms with Crippen LogP contribution in [-0.4, -0.2) is 25.3 Å². The molecule has 0 heterocycles. The topological polar surface area (TPSA) is 103 Å². The van der Waals surface area contributed by atoms with E-state index in [1.165, 1.54) is 0 Å². The first kappa shape index (κ1) is 13.1. The number of rotatable bonds is 4. The minimum absolute atomic E-state index is 0. The quantitative estimate of drug-likeness (QED) is 0.241. The Morgan fingerprint density at radius 2 is 2.09 bits per heavy atom. The van der Waals surface area contributed by atoms with E-state index >= 15 is 0 Å². The molecule has 66 valence electrons.